The Kier molecular flexibility index (Phi) is 5.57. The molecule has 1 amide bonds. The van der Waals surface area contributed by atoms with Gasteiger partial charge in [0, 0.05) is 57.3 Å². The van der Waals surface area contributed by atoms with Crippen LogP contribution in [0, 0.1) is 5.92 Å². The average Bonchev–Trinajstić information content (AvgIpc) is 3.00. The van der Waals surface area contributed by atoms with Crippen LogP contribution in [0.1, 0.15) is 38.7 Å². The highest BCUT2D eigenvalue weighted by atomic mass is 16.2. The molecule has 0 aromatic heterocycles. The maximum atomic E-state index is 12.8. The fourth-order valence-corrected chi connectivity index (χ4v) is 3.96. The van der Waals surface area contributed by atoms with Gasteiger partial charge in [-0.1, -0.05) is 39.0 Å². The van der Waals surface area contributed by atoms with Crippen LogP contribution in [0.5, 0.6) is 0 Å². The molecule has 1 saturated heterocycles. The summed E-state index contributed by atoms with van der Waals surface area (Å²) in [4.78, 5) is 19.8. The molecule has 0 radical (unpaired) electrons. The Morgan fingerprint density at radius 1 is 1.12 bits per heavy atom. The lowest BCUT2D eigenvalue weighted by Gasteiger charge is -2.34. The molecule has 2 aliphatic heterocycles. The summed E-state index contributed by atoms with van der Waals surface area (Å²) in [5.41, 5.74) is 2.48. The van der Waals surface area contributed by atoms with E-state index in [0.29, 0.717) is 18.3 Å². The number of fused-ring (bicyclic) bond motifs is 1. The van der Waals surface area contributed by atoms with Gasteiger partial charge in [0.05, 0.1) is 0 Å². The predicted octanol–water partition coefficient (Wildman–Crippen LogP) is 2.80. The zero-order valence-corrected chi connectivity index (χ0v) is 15.4. The molecule has 24 heavy (non-hydrogen) atoms. The molecule has 0 spiro atoms. The molecule has 0 saturated carbocycles. The molecule has 0 bridgehead atoms. The minimum Gasteiger partial charge on any atom is -0.311 e. The van der Waals surface area contributed by atoms with Crippen LogP contribution in [0.3, 0.4) is 0 Å². The second-order valence-corrected chi connectivity index (χ2v) is 7.44. The van der Waals surface area contributed by atoms with Gasteiger partial charge in [-0.15, -0.1) is 0 Å². The summed E-state index contributed by atoms with van der Waals surface area (Å²) in [5, 5.41) is 0. The number of hydrogen-bond donors (Lipinski definition) is 0. The van der Waals surface area contributed by atoms with Crippen LogP contribution in [-0.2, 0) is 4.79 Å². The van der Waals surface area contributed by atoms with E-state index in [1.165, 1.54) is 5.56 Å². The second-order valence-electron chi connectivity index (χ2n) is 7.44. The van der Waals surface area contributed by atoms with Gasteiger partial charge in [-0.3, -0.25) is 4.79 Å². The Morgan fingerprint density at radius 2 is 1.79 bits per heavy atom. The number of rotatable bonds is 5. The highest BCUT2D eigenvalue weighted by Gasteiger charge is 2.33. The fourth-order valence-electron chi connectivity index (χ4n) is 3.96. The number of anilines is 1. The van der Waals surface area contributed by atoms with Gasteiger partial charge >= 0.3 is 0 Å². The van der Waals surface area contributed by atoms with Gasteiger partial charge in [-0.25, -0.2) is 0 Å². The number of para-hydroxylation sites is 1. The van der Waals surface area contributed by atoms with Crippen molar-refractivity contribution in [1.29, 1.82) is 0 Å². The molecule has 2 aliphatic rings. The van der Waals surface area contributed by atoms with Gasteiger partial charge < -0.3 is 14.7 Å². The van der Waals surface area contributed by atoms with Gasteiger partial charge in [0.15, 0.2) is 0 Å². The van der Waals surface area contributed by atoms with E-state index in [-0.39, 0.29) is 5.91 Å². The van der Waals surface area contributed by atoms with Crippen LogP contribution in [0.2, 0.25) is 0 Å². The molecular formula is C20H31N3O. The SMILES string of the molecule is CCN1CCN(CCC(=O)N2C[C@@H](C(C)C)c3ccccc32)CC1. The number of benzene rings is 1. The van der Waals surface area contributed by atoms with E-state index >= 15 is 0 Å². The van der Waals surface area contributed by atoms with E-state index in [4.69, 9.17) is 0 Å². The second kappa shape index (κ2) is 7.66. The number of carbonyl (C=O) groups is 1. The molecule has 0 aliphatic carbocycles. The third-order valence-corrected chi connectivity index (χ3v) is 5.67. The average molecular weight is 329 g/mol. The zero-order valence-electron chi connectivity index (χ0n) is 15.4. The molecular weight excluding hydrogens is 298 g/mol. The third kappa shape index (κ3) is 3.65. The first-order chi connectivity index (χ1) is 11.6. The maximum absolute atomic E-state index is 12.8. The summed E-state index contributed by atoms with van der Waals surface area (Å²) in [7, 11) is 0. The van der Waals surface area contributed by atoms with Crippen molar-refractivity contribution < 1.29 is 4.79 Å². The van der Waals surface area contributed by atoms with Crippen molar-refractivity contribution in [3.05, 3.63) is 29.8 Å². The summed E-state index contributed by atoms with van der Waals surface area (Å²) in [5.74, 6) is 1.31. The molecule has 1 aromatic rings. The van der Waals surface area contributed by atoms with Crippen LogP contribution in [-0.4, -0.2) is 61.5 Å². The van der Waals surface area contributed by atoms with Gasteiger partial charge in [-0.2, -0.15) is 0 Å². The quantitative estimate of drug-likeness (QED) is 0.831. The van der Waals surface area contributed by atoms with Crippen molar-refractivity contribution in [3.8, 4) is 0 Å². The Balaban J connectivity index is 1.58. The van der Waals surface area contributed by atoms with E-state index in [1.807, 2.05) is 11.0 Å². The first kappa shape index (κ1) is 17.4. The number of likely N-dealkylation sites (N-methyl/N-ethyl adjacent to an activating group) is 1. The molecule has 4 heteroatoms. The monoisotopic (exact) mass is 329 g/mol. The van der Waals surface area contributed by atoms with Gasteiger partial charge in [0.25, 0.3) is 0 Å². The van der Waals surface area contributed by atoms with Crippen molar-refractivity contribution >= 4 is 11.6 Å². The Bertz CT molecular complexity index is 564. The van der Waals surface area contributed by atoms with Crippen molar-refractivity contribution in [2.75, 3.05) is 50.7 Å². The Hall–Kier alpha value is -1.39. The van der Waals surface area contributed by atoms with Crippen molar-refractivity contribution in [3.63, 3.8) is 0 Å². The van der Waals surface area contributed by atoms with Crippen LogP contribution < -0.4 is 4.90 Å². The smallest absolute Gasteiger partial charge is 0.228 e. The first-order valence-corrected chi connectivity index (χ1v) is 9.44. The zero-order chi connectivity index (χ0) is 17.1. The number of amides is 1. The van der Waals surface area contributed by atoms with Crippen molar-refractivity contribution in [2.45, 2.75) is 33.1 Å². The predicted molar refractivity (Wildman–Crippen MR) is 99.5 cm³/mol. The maximum Gasteiger partial charge on any atom is 0.228 e. The normalized spacial score (nSPS) is 22.2. The lowest BCUT2D eigenvalue weighted by atomic mass is 9.90. The summed E-state index contributed by atoms with van der Waals surface area (Å²) < 4.78 is 0. The van der Waals surface area contributed by atoms with Crippen molar-refractivity contribution in [1.82, 2.24) is 9.80 Å². The minimum atomic E-state index is 0.281. The van der Waals surface area contributed by atoms with Crippen LogP contribution in [0.4, 0.5) is 5.69 Å². The van der Waals surface area contributed by atoms with E-state index in [0.717, 1.165) is 51.5 Å². The molecule has 3 rings (SSSR count). The molecule has 132 valence electrons. The van der Waals surface area contributed by atoms with Gasteiger partial charge in [0.2, 0.25) is 5.91 Å². The summed E-state index contributed by atoms with van der Waals surface area (Å²) in [6.07, 6.45) is 0.630. The summed E-state index contributed by atoms with van der Waals surface area (Å²) in [6, 6.07) is 8.44. The molecule has 1 fully saturated rings. The highest BCUT2D eigenvalue weighted by molar-refractivity contribution is 5.96. The number of carbonyl (C=O) groups excluding carboxylic acids is 1. The molecule has 2 heterocycles. The molecule has 0 unspecified atom stereocenters. The van der Waals surface area contributed by atoms with E-state index in [9.17, 15) is 4.79 Å². The Morgan fingerprint density at radius 3 is 2.46 bits per heavy atom. The van der Waals surface area contributed by atoms with E-state index < -0.39 is 0 Å². The molecule has 1 aromatic carbocycles. The van der Waals surface area contributed by atoms with E-state index in [2.05, 4.69) is 48.8 Å². The third-order valence-electron chi connectivity index (χ3n) is 5.67. The summed E-state index contributed by atoms with van der Waals surface area (Å²) >= 11 is 0. The lowest BCUT2D eigenvalue weighted by molar-refractivity contribution is -0.119. The summed E-state index contributed by atoms with van der Waals surface area (Å²) in [6.45, 7) is 14.0. The Labute approximate surface area is 146 Å². The van der Waals surface area contributed by atoms with E-state index in [1.54, 1.807) is 0 Å². The first-order valence-electron chi connectivity index (χ1n) is 9.44. The highest BCUT2D eigenvalue weighted by Crippen LogP contribution is 2.40. The van der Waals surface area contributed by atoms with Crippen LogP contribution in [0.25, 0.3) is 0 Å². The molecule has 4 nitrogen and oxygen atoms in total. The molecule has 0 N–H and O–H groups in total. The lowest BCUT2D eigenvalue weighted by Crippen LogP contribution is -2.47. The topological polar surface area (TPSA) is 26.8 Å². The van der Waals surface area contributed by atoms with Crippen molar-refractivity contribution in [2.24, 2.45) is 5.92 Å². The van der Waals surface area contributed by atoms with Crippen LogP contribution >= 0.6 is 0 Å². The standard InChI is InChI=1S/C20H31N3O/c1-4-21-11-13-22(14-12-21)10-9-20(24)23-15-18(16(2)3)17-7-5-6-8-19(17)23/h5-8,16,18H,4,9-15H2,1-3H3/t18-/m0/s1. The number of hydrogen-bond acceptors (Lipinski definition) is 3. The van der Waals surface area contributed by atoms with Gasteiger partial charge in [-0.05, 0) is 24.1 Å². The van der Waals surface area contributed by atoms with Crippen LogP contribution in [0.15, 0.2) is 24.3 Å². The largest absolute Gasteiger partial charge is 0.311 e. The molecule has 1 atom stereocenters. The minimum absolute atomic E-state index is 0.281. The van der Waals surface area contributed by atoms with Gasteiger partial charge in [0.1, 0.15) is 0 Å². The number of piperazine rings is 1. The number of nitrogens with zero attached hydrogens (tertiary/aromatic N) is 3. The fraction of sp³-hybridized carbons (Fsp3) is 0.650.